The Labute approximate surface area is 105 Å². The third-order valence-corrected chi connectivity index (χ3v) is 3.96. The van der Waals surface area contributed by atoms with Crippen LogP contribution in [0.2, 0.25) is 0 Å². The summed E-state index contributed by atoms with van der Waals surface area (Å²) in [5.74, 6) is 1.22. The highest BCUT2D eigenvalue weighted by molar-refractivity contribution is 5.81. The van der Waals surface area contributed by atoms with E-state index in [2.05, 4.69) is 12.2 Å². The van der Waals surface area contributed by atoms with Gasteiger partial charge in [0.2, 0.25) is 5.91 Å². The van der Waals surface area contributed by atoms with Crippen molar-refractivity contribution in [3.05, 3.63) is 0 Å². The van der Waals surface area contributed by atoms with Crippen LogP contribution in [0.4, 0.5) is 0 Å². The van der Waals surface area contributed by atoms with E-state index in [4.69, 9.17) is 0 Å². The summed E-state index contributed by atoms with van der Waals surface area (Å²) in [4.78, 5) is 14.2. The standard InChI is InChI=1S/C14H26N2O/c1-11(10-13-6-7-13)15-12(2)14(17)16-8-4-3-5-9-16/h11-13,15H,3-10H2,1-2H3. The Balaban J connectivity index is 1.72. The molecule has 0 spiro atoms. The number of hydrogen-bond donors (Lipinski definition) is 1. The molecule has 0 radical (unpaired) electrons. The van der Waals surface area contributed by atoms with Crippen molar-refractivity contribution < 1.29 is 4.79 Å². The summed E-state index contributed by atoms with van der Waals surface area (Å²) in [6.07, 6.45) is 7.65. The van der Waals surface area contributed by atoms with Crippen molar-refractivity contribution >= 4 is 5.91 Å². The minimum Gasteiger partial charge on any atom is -0.341 e. The second-order valence-electron chi connectivity index (χ2n) is 5.85. The third kappa shape index (κ3) is 3.98. The lowest BCUT2D eigenvalue weighted by atomic mass is 10.1. The highest BCUT2D eigenvalue weighted by Gasteiger charge is 2.27. The second-order valence-corrected chi connectivity index (χ2v) is 5.85. The number of nitrogens with one attached hydrogen (secondary N) is 1. The van der Waals surface area contributed by atoms with Gasteiger partial charge < -0.3 is 10.2 Å². The molecule has 0 aromatic heterocycles. The largest absolute Gasteiger partial charge is 0.341 e. The maximum absolute atomic E-state index is 12.2. The quantitative estimate of drug-likeness (QED) is 0.796. The van der Waals surface area contributed by atoms with Crippen molar-refractivity contribution in [2.24, 2.45) is 5.92 Å². The first kappa shape index (κ1) is 12.9. The molecule has 17 heavy (non-hydrogen) atoms. The Morgan fingerprint density at radius 2 is 1.88 bits per heavy atom. The lowest BCUT2D eigenvalue weighted by Gasteiger charge is -2.30. The molecule has 1 N–H and O–H groups in total. The van der Waals surface area contributed by atoms with Gasteiger partial charge in [-0.25, -0.2) is 0 Å². The van der Waals surface area contributed by atoms with Crippen LogP contribution >= 0.6 is 0 Å². The first-order chi connectivity index (χ1) is 8.16. The topological polar surface area (TPSA) is 32.3 Å². The second kappa shape index (κ2) is 5.85. The van der Waals surface area contributed by atoms with E-state index in [1.807, 2.05) is 11.8 Å². The normalized spacial score (nSPS) is 24.5. The van der Waals surface area contributed by atoms with Crippen molar-refractivity contribution in [3.63, 3.8) is 0 Å². The number of likely N-dealkylation sites (tertiary alicyclic amines) is 1. The Morgan fingerprint density at radius 1 is 1.24 bits per heavy atom. The van der Waals surface area contributed by atoms with E-state index in [-0.39, 0.29) is 6.04 Å². The number of carbonyl (C=O) groups is 1. The maximum Gasteiger partial charge on any atom is 0.239 e. The van der Waals surface area contributed by atoms with E-state index in [1.165, 1.54) is 38.5 Å². The molecule has 3 heteroatoms. The van der Waals surface area contributed by atoms with Crippen molar-refractivity contribution in [2.75, 3.05) is 13.1 Å². The molecule has 2 atom stereocenters. The minimum atomic E-state index is -0.0122. The first-order valence-electron chi connectivity index (χ1n) is 7.21. The summed E-state index contributed by atoms with van der Waals surface area (Å²) in [5, 5.41) is 3.46. The Bertz CT molecular complexity index is 257. The van der Waals surface area contributed by atoms with E-state index in [1.54, 1.807) is 0 Å². The van der Waals surface area contributed by atoms with Gasteiger partial charge in [-0.05, 0) is 45.4 Å². The molecule has 1 saturated heterocycles. The molecule has 0 aromatic rings. The van der Waals surface area contributed by atoms with Crippen LogP contribution in [0.1, 0.15) is 52.4 Å². The lowest BCUT2D eigenvalue weighted by Crippen LogP contribution is -2.49. The number of carbonyl (C=O) groups excluding carboxylic acids is 1. The van der Waals surface area contributed by atoms with E-state index in [0.29, 0.717) is 11.9 Å². The molecule has 0 aromatic carbocycles. The summed E-state index contributed by atoms with van der Waals surface area (Å²) in [6, 6.07) is 0.466. The molecular weight excluding hydrogens is 212 g/mol. The summed E-state index contributed by atoms with van der Waals surface area (Å²) in [5.41, 5.74) is 0. The number of rotatable bonds is 5. The zero-order chi connectivity index (χ0) is 12.3. The van der Waals surface area contributed by atoms with Gasteiger partial charge in [0.25, 0.3) is 0 Å². The molecule has 3 nitrogen and oxygen atoms in total. The van der Waals surface area contributed by atoms with Crippen molar-refractivity contribution in [3.8, 4) is 0 Å². The highest BCUT2D eigenvalue weighted by Crippen LogP contribution is 2.33. The molecule has 1 saturated carbocycles. The zero-order valence-electron chi connectivity index (χ0n) is 11.2. The third-order valence-electron chi connectivity index (χ3n) is 3.96. The van der Waals surface area contributed by atoms with Gasteiger partial charge in [-0.1, -0.05) is 12.8 Å². The SMILES string of the molecule is CC(CC1CC1)NC(C)C(=O)N1CCCCC1. The average molecular weight is 238 g/mol. The fourth-order valence-corrected chi connectivity index (χ4v) is 2.81. The average Bonchev–Trinajstić information content (AvgIpc) is 3.12. The molecule has 2 aliphatic rings. The number of hydrogen-bond acceptors (Lipinski definition) is 2. The monoisotopic (exact) mass is 238 g/mol. The van der Waals surface area contributed by atoms with Crippen molar-refractivity contribution in [1.29, 1.82) is 0 Å². The summed E-state index contributed by atoms with van der Waals surface area (Å²) >= 11 is 0. The Kier molecular flexibility index (Phi) is 4.43. The fraction of sp³-hybridized carbons (Fsp3) is 0.929. The molecule has 1 amide bonds. The number of piperidine rings is 1. The van der Waals surface area contributed by atoms with Crippen LogP contribution in [0.3, 0.4) is 0 Å². The van der Waals surface area contributed by atoms with Gasteiger partial charge in [0.15, 0.2) is 0 Å². The predicted octanol–water partition coefficient (Wildman–Crippen LogP) is 2.17. The molecule has 0 bridgehead atoms. The van der Waals surface area contributed by atoms with E-state index < -0.39 is 0 Å². The Hall–Kier alpha value is -0.570. The van der Waals surface area contributed by atoms with Gasteiger partial charge in [-0.2, -0.15) is 0 Å². The van der Waals surface area contributed by atoms with Crippen molar-refractivity contribution in [2.45, 2.75) is 64.5 Å². The molecule has 1 heterocycles. The van der Waals surface area contributed by atoms with Crippen LogP contribution in [-0.2, 0) is 4.79 Å². The van der Waals surface area contributed by atoms with Crippen LogP contribution in [-0.4, -0.2) is 36.0 Å². The van der Waals surface area contributed by atoms with Crippen LogP contribution in [0.5, 0.6) is 0 Å². The zero-order valence-corrected chi connectivity index (χ0v) is 11.2. The smallest absolute Gasteiger partial charge is 0.239 e. The number of nitrogens with zero attached hydrogens (tertiary/aromatic N) is 1. The molecular formula is C14H26N2O. The molecule has 2 fully saturated rings. The van der Waals surface area contributed by atoms with Gasteiger partial charge in [-0.3, -0.25) is 4.79 Å². The van der Waals surface area contributed by atoms with Gasteiger partial charge >= 0.3 is 0 Å². The van der Waals surface area contributed by atoms with Crippen LogP contribution in [0.15, 0.2) is 0 Å². The molecule has 1 aliphatic carbocycles. The van der Waals surface area contributed by atoms with E-state index >= 15 is 0 Å². The van der Waals surface area contributed by atoms with Crippen LogP contribution in [0, 0.1) is 5.92 Å². The van der Waals surface area contributed by atoms with E-state index in [9.17, 15) is 4.79 Å². The number of amides is 1. The summed E-state index contributed by atoms with van der Waals surface area (Å²) < 4.78 is 0. The van der Waals surface area contributed by atoms with Gasteiger partial charge in [0.05, 0.1) is 6.04 Å². The maximum atomic E-state index is 12.2. The predicted molar refractivity (Wildman–Crippen MR) is 69.8 cm³/mol. The van der Waals surface area contributed by atoms with Crippen LogP contribution in [0.25, 0.3) is 0 Å². The molecule has 1 aliphatic heterocycles. The molecule has 98 valence electrons. The summed E-state index contributed by atoms with van der Waals surface area (Å²) in [6.45, 7) is 6.14. The van der Waals surface area contributed by atoms with Gasteiger partial charge in [0.1, 0.15) is 0 Å². The fourth-order valence-electron chi connectivity index (χ4n) is 2.81. The van der Waals surface area contributed by atoms with Gasteiger partial charge in [0, 0.05) is 19.1 Å². The van der Waals surface area contributed by atoms with E-state index in [0.717, 1.165) is 19.0 Å². The molecule has 2 rings (SSSR count). The van der Waals surface area contributed by atoms with Gasteiger partial charge in [-0.15, -0.1) is 0 Å². The summed E-state index contributed by atoms with van der Waals surface area (Å²) in [7, 11) is 0. The Morgan fingerprint density at radius 3 is 2.47 bits per heavy atom. The minimum absolute atomic E-state index is 0.0122. The van der Waals surface area contributed by atoms with Crippen LogP contribution < -0.4 is 5.32 Å². The lowest BCUT2D eigenvalue weighted by molar-refractivity contribution is -0.134. The first-order valence-corrected chi connectivity index (χ1v) is 7.21. The molecule has 2 unspecified atom stereocenters. The van der Waals surface area contributed by atoms with Crippen molar-refractivity contribution in [1.82, 2.24) is 10.2 Å². The highest BCUT2D eigenvalue weighted by atomic mass is 16.2.